The SMILES string of the molecule is N#Cc1cccc(-c2csc(N3CCN(C(=O)O)CC3)n2)c1. The third-order valence-electron chi connectivity index (χ3n) is 3.60. The number of hydrogen-bond donors (Lipinski definition) is 1. The van der Waals surface area contributed by atoms with Gasteiger partial charge in [-0.25, -0.2) is 9.78 Å². The monoisotopic (exact) mass is 314 g/mol. The van der Waals surface area contributed by atoms with Gasteiger partial charge >= 0.3 is 6.09 Å². The summed E-state index contributed by atoms with van der Waals surface area (Å²) in [5, 5.41) is 20.8. The van der Waals surface area contributed by atoms with E-state index in [1.165, 1.54) is 16.2 Å². The van der Waals surface area contributed by atoms with Crippen LogP contribution in [-0.2, 0) is 0 Å². The zero-order valence-corrected chi connectivity index (χ0v) is 12.6. The van der Waals surface area contributed by atoms with Crippen LogP contribution in [0.25, 0.3) is 11.3 Å². The van der Waals surface area contributed by atoms with Crippen LogP contribution >= 0.6 is 11.3 Å². The summed E-state index contributed by atoms with van der Waals surface area (Å²) in [5.74, 6) is 0. The minimum Gasteiger partial charge on any atom is -0.465 e. The van der Waals surface area contributed by atoms with Gasteiger partial charge in [0.05, 0.1) is 17.3 Å². The first-order chi connectivity index (χ1) is 10.7. The Morgan fingerprint density at radius 1 is 1.32 bits per heavy atom. The summed E-state index contributed by atoms with van der Waals surface area (Å²) in [6.45, 7) is 2.29. The van der Waals surface area contributed by atoms with Gasteiger partial charge < -0.3 is 14.9 Å². The first kappa shape index (κ1) is 14.4. The van der Waals surface area contributed by atoms with Gasteiger partial charge in [0.15, 0.2) is 5.13 Å². The van der Waals surface area contributed by atoms with Gasteiger partial charge in [-0.3, -0.25) is 0 Å². The number of aromatic nitrogens is 1. The Balaban J connectivity index is 1.74. The molecule has 2 aromatic rings. The molecule has 1 aliphatic heterocycles. The largest absolute Gasteiger partial charge is 0.465 e. The fourth-order valence-electron chi connectivity index (χ4n) is 2.38. The van der Waals surface area contributed by atoms with E-state index in [0.717, 1.165) is 16.4 Å². The second-order valence-corrected chi connectivity index (χ2v) is 5.80. The van der Waals surface area contributed by atoms with E-state index in [-0.39, 0.29) is 0 Å². The standard InChI is InChI=1S/C15H14N4O2S/c16-9-11-2-1-3-12(8-11)13-10-22-14(17-13)18-4-6-19(7-5-18)15(20)21/h1-3,8,10H,4-7H2,(H,20,21). The lowest BCUT2D eigenvalue weighted by atomic mass is 10.1. The van der Waals surface area contributed by atoms with Crippen LogP contribution in [0.5, 0.6) is 0 Å². The molecular formula is C15H14N4O2S. The van der Waals surface area contributed by atoms with Crippen molar-refractivity contribution >= 4 is 22.6 Å². The molecule has 1 aromatic carbocycles. The van der Waals surface area contributed by atoms with Gasteiger partial charge in [-0.1, -0.05) is 12.1 Å². The Morgan fingerprint density at radius 2 is 2.09 bits per heavy atom. The van der Waals surface area contributed by atoms with Gasteiger partial charge in [0.25, 0.3) is 0 Å². The molecule has 1 aliphatic rings. The lowest BCUT2D eigenvalue weighted by Crippen LogP contribution is -2.48. The molecule has 0 bridgehead atoms. The molecule has 1 fully saturated rings. The number of rotatable bonds is 2. The molecule has 0 saturated carbocycles. The molecule has 0 unspecified atom stereocenters. The zero-order valence-electron chi connectivity index (χ0n) is 11.8. The molecule has 1 saturated heterocycles. The van der Waals surface area contributed by atoms with E-state index in [4.69, 9.17) is 10.4 Å². The lowest BCUT2D eigenvalue weighted by molar-refractivity contribution is 0.142. The molecule has 3 rings (SSSR count). The molecule has 0 aliphatic carbocycles. The number of benzene rings is 1. The van der Waals surface area contributed by atoms with E-state index in [1.54, 1.807) is 6.07 Å². The number of piperazine rings is 1. The average Bonchev–Trinajstić information content (AvgIpc) is 3.05. The predicted octanol–water partition coefficient (Wildman–Crippen LogP) is 2.48. The van der Waals surface area contributed by atoms with Crippen molar-refractivity contribution in [3.05, 3.63) is 35.2 Å². The number of nitriles is 1. The van der Waals surface area contributed by atoms with Crippen LogP contribution in [0, 0.1) is 11.3 Å². The van der Waals surface area contributed by atoms with Crippen LogP contribution in [0.1, 0.15) is 5.56 Å². The molecule has 0 radical (unpaired) electrons. The maximum absolute atomic E-state index is 10.9. The van der Waals surface area contributed by atoms with Crippen molar-refractivity contribution in [2.45, 2.75) is 0 Å². The highest BCUT2D eigenvalue weighted by molar-refractivity contribution is 7.14. The number of carbonyl (C=O) groups is 1. The quantitative estimate of drug-likeness (QED) is 0.921. The summed E-state index contributed by atoms with van der Waals surface area (Å²) in [6, 6.07) is 9.49. The minimum absolute atomic E-state index is 0.494. The van der Waals surface area contributed by atoms with Crippen molar-refractivity contribution in [2.24, 2.45) is 0 Å². The number of nitrogens with zero attached hydrogens (tertiary/aromatic N) is 4. The van der Waals surface area contributed by atoms with Gasteiger partial charge in [-0.05, 0) is 12.1 Å². The van der Waals surface area contributed by atoms with E-state index in [1.807, 2.05) is 23.6 Å². The Kier molecular flexibility index (Phi) is 3.94. The van der Waals surface area contributed by atoms with Crippen LogP contribution in [0.2, 0.25) is 0 Å². The number of amides is 1. The number of anilines is 1. The van der Waals surface area contributed by atoms with Gasteiger partial charge in [-0.2, -0.15) is 5.26 Å². The molecule has 0 spiro atoms. The van der Waals surface area contributed by atoms with Crippen LogP contribution in [0.3, 0.4) is 0 Å². The van der Waals surface area contributed by atoms with Crippen molar-refractivity contribution in [2.75, 3.05) is 31.1 Å². The minimum atomic E-state index is -0.868. The number of thiazole rings is 1. The molecule has 1 amide bonds. The Labute approximate surface area is 131 Å². The summed E-state index contributed by atoms with van der Waals surface area (Å²) in [4.78, 5) is 19.1. The van der Waals surface area contributed by atoms with E-state index >= 15 is 0 Å². The normalized spacial score (nSPS) is 14.7. The summed E-state index contributed by atoms with van der Waals surface area (Å²) >= 11 is 1.54. The fourth-order valence-corrected chi connectivity index (χ4v) is 3.27. The summed E-state index contributed by atoms with van der Waals surface area (Å²) in [7, 11) is 0. The maximum atomic E-state index is 10.9. The molecule has 112 valence electrons. The van der Waals surface area contributed by atoms with Gasteiger partial charge in [-0.15, -0.1) is 11.3 Å². The fraction of sp³-hybridized carbons (Fsp3) is 0.267. The first-order valence-electron chi connectivity index (χ1n) is 6.86. The number of carboxylic acid groups (broad SMARTS) is 1. The van der Waals surface area contributed by atoms with E-state index in [0.29, 0.717) is 31.7 Å². The molecular weight excluding hydrogens is 300 g/mol. The predicted molar refractivity (Wildman–Crippen MR) is 84.1 cm³/mol. The Morgan fingerprint density at radius 3 is 2.77 bits per heavy atom. The van der Waals surface area contributed by atoms with Crippen molar-refractivity contribution in [1.29, 1.82) is 5.26 Å². The second-order valence-electron chi connectivity index (χ2n) is 4.96. The van der Waals surface area contributed by atoms with Crippen LogP contribution in [-0.4, -0.2) is 47.3 Å². The molecule has 6 nitrogen and oxygen atoms in total. The highest BCUT2D eigenvalue weighted by Crippen LogP contribution is 2.28. The third-order valence-corrected chi connectivity index (χ3v) is 4.50. The Hall–Kier alpha value is -2.59. The van der Waals surface area contributed by atoms with Gasteiger partial charge in [0.1, 0.15) is 0 Å². The summed E-state index contributed by atoms with van der Waals surface area (Å²) in [5.41, 5.74) is 2.38. The van der Waals surface area contributed by atoms with E-state index in [9.17, 15) is 4.79 Å². The maximum Gasteiger partial charge on any atom is 0.407 e. The third kappa shape index (κ3) is 2.87. The van der Waals surface area contributed by atoms with E-state index in [2.05, 4.69) is 16.0 Å². The van der Waals surface area contributed by atoms with Gasteiger partial charge in [0.2, 0.25) is 0 Å². The molecule has 1 N–H and O–H groups in total. The molecule has 7 heteroatoms. The smallest absolute Gasteiger partial charge is 0.407 e. The molecule has 22 heavy (non-hydrogen) atoms. The second kappa shape index (κ2) is 6.03. The topological polar surface area (TPSA) is 80.5 Å². The Bertz CT molecular complexity index is 729. The summed E-state index contributed by atoms with van der Waals surface area (Å²) < 4.78 is 0. The molecule has 2 heterocycles. The van der Waals surface area contributed by atoms with Crippen LogP contribution in [0.4, 0.5) is 9.93 Å². The lowest BCUT2D eigenvalue weighted by Gasteiger charge is -2.32. The van der Waals surface area contributed by atoms with Crippen molar-refractivity contribution in [3.8, 4) is 17.3 Å². The van der Waals surface area contributed by atoms with Gasteiger partial charge in [0, 0.05) is 37.1 Å². The molecule has 0 atom stereocenters. The number of hydrogen-bond acceptors (Lipinski definition) is 5. The van der Waals surface area contributed by atoms with Crippen LogP contribution in [0.15, 0.2) is 29.6 Å². The summed E-state index contributed by atoms with van der Waals surface area (Å²) in [6.07, 6.45) is -0.868. The first-order valence-corrected chi connectivity index (χ1v) is 7.74. The average molecular weight is 314 g/mol. The van der Waals surface area contributed by atoms with Crippen molar-refractivity contribution in [1.82, 2.24) is 9.88 Å². The highest BCUT2D eigenvalue weighted by atomic mass is 32.1. The van der Waals surface area contributed by atoms with Crippen molar-refractivity contribution < 1.29 is 9.90 Å². The van der Waals surface area contributed by atoms with Crippen LogP contribution < -0.4 is 4.90 Å². The zero-order chi connectivity index (χ0) is 15.5. The van der Waals surface area contributed by atoms with Crippen molar-refractivity contribution in [3.63, 3.8) is 0 Å². The van der Waals surface area contributed by atoms with E-state index < -0.39 is 6.09 Å². The highest BCUT2D eigenvalue weighted by Gasteiger charge is 2.22. The molecule has 1 aromatic heterocycles.